The van der Waals surface area contributed by atoms with Gasteiger partial charge in [0.15, 0.2) is 17.2 Å². The van der Waals surface area contributed by atoms with E-state index in [1.807, 2.05) is 26.0 Å². The van der Waals surface area contributed by atoms with Crippen molar-refractivity contribution in [1.29, 1.82) is 0 Å². The summed E-state index contributed by atoms with van der Waals surface area (Å²) in [5, 5.41) is 11.8. The van der Waals surface area contributed by atoms with Crippen LogP contribution in [0.3, 0.4) is 0 Å². The number of rotatable bonds is 2. The molecule has 0 fully saturated rings. The van der Waals surface area contributed by atoms with Crippen LogP contribution < -0.4 is 5.73 Å². The highest BCUT2D eigenvalue weighted by molar-refractivity contribution is 5.75. The minimum Gasteiger partial charge on any atom is -0.380 e. The summed E-state index contributed by atoms with van der Waals surface area (Å²) in [6.07, 6.45) is -4.59. The number of aryl methyl sites for hydroxylation is 3. The van der Waals surface area contributed by atoms with Crippen molar-refractivity contribution in [2.24, 2.45) is 10.2 Å². The van der Waals surface area contributed by atoms with Gasteiger partial charge < -0.3 is 5.73 Å². The predicted octanol–water partition coefficient (Wildman–Crippen LogP) is 4.67. The minimum absolute atomic E-state index is 0.00850. The Morgan fingerprint density at radius 1 is 1.08 bits per heavy atom. The monoisotopic (exact) mass is 348 g/mol. The van der Waals surface area contributed by atoms with Crippen LogP contribution in [0.2, 0.25) is 0 Å². The van der Waals surface area contributed by atoms with E-state index >= 15 is 0 Å². The fraction of sp³-hybridized carbons (Fsp3) is 0.250. The van der Waals surface area contributed by atoms with Crippen molar-refractivity contribution < 1.29 is 13.2 Å². The van der Waals surface area contributed by atoms with Crippen molar-refractivity contribution in [3.8, 4) is 0 Å². The number of nitrogens with zero attached hydrogens (tertiary/aromatic N) is 5. The molecule has 0 aliphatic heterocycles. The highest BCUT2D eigenvalue weighted by Crippen LogP contribution is 2.35. The largest absolute Gasteiger partial charge is 0.433 e. The van der Waals surface area contributed by atoms with E-state index < -0.39 is 11.9 Å². The van der Waals surface area contributed by atoms with Gasteiger partial charge in [-0.2, -0.15) is 18.3 Å². The Kier molecular flexibility index (Phi) is 3.94. The van der Waals surface area contributed by atoms with Crippen LogP contribution in [0.1, 0.15) is 22.5 Å². The lowest BCUT2D eigenvalue weighted by atomic mass is 10.1. The highest BCUT2D eigenvalue weighted by atomic mass is 19.4. The average Bonchev–Trinajstić information content (AvgIpc) is 2.80. The van der Waals surface area contributed by atoms with Gasteiger partial charge in [0, 0.05) is 5.69 Å². The van der Waals surface area contributed by atoms with Crippen molar-refractivity contribution in [2.75, 3.05) is 5.73 Å². The summed E-state index contributed by atoms with van der Waals surface area (Å²) < 4.78 is 40.2. The van der Waals surface area contributed by atoms with E-state index in [2.05, 4.69) is 20.3 Å². The maximum absolute atomic E-state index is 13.2. The number of nitrogen functional groups attached to an aromatic ring is 1. The number of nitrogens with two attached hydrogens (primary N) is 1. The molecular weight excluding hydrogens is 333 g/mol. The number of anilines is 1. The first kappa shape index (κ1) is 16.9. The Bertz CT molecular complexity index is 988. The molecule has 0 saturated heterocycles. The third-order valence-corrected chi connectivity index (χ3v) is 3.62. The summed E-state index contributed by atoms with van der Waals surface area (Å²) in [6.45, 7) is 5.27. The van der Waals surface area contributed by atoms with Crippen LogP contribution >= 0.6 is 0 Å². The second-order valence-electron chi connectivity index (χ2n) is 5.74. The van der Waals surface area contributed by atoms with Gasteiger partial charge in [-0.15, -0.1) is 10.2 Å². The van der Waals surface area contributed by atoms with Crippen molar-refractivity contribution in [2.45, 2.75) is 26.9 Å². The molecule has 0 bridgehead atoms. The van der Waals surface area contributed by atoms with Gasteiger partial charge in [0.25, 0.3) is 0 Å². The lowest BCUT2D eigenvalue weighted by molar-refractivity contribution is -0.142. The first-order chi connectivity index (χ1) is 11.7. The van der Waals surface area contributed by atoms with Crippen molar-refractivity contribution in [1.82, 2.24) is 14.6 Å². The van der Waals surface area contributed by atoms with Gasteiger partial charge in [-0.3, -0.25) is 0 Å². The van der Waals surface area contributed by atoms with Crippen LogP contribution in [-0.4, -0.2) is 14.6 Å². The molecule has 0 radical (unpaired) electrons. The van der Waals surface area contributed by atoms with E-state index in [-0.39, 0.29) is 22.8 Å². The second-order valence-corrected chi connectivity index (χ2v) is 5.74. The summed E-state index contributed by atoms with van der Waals surface area (Å²) >= 11 is 0. The molecule has 2 aromatic heterocycles. The molecule has 130 valence electrons. The zero-order chi connectivity index (χ0) is 18.4. The van der Waals surface area contributed by atoms with Gasteiger partial charge in [-0.25, -0.2) is 9.50 Å². The number of hydrogen-bond donors (Lipinski definition) is 1. The molecule has 0 amide bonds. The van der Waals surface area contributed by atoms with E-state index in [0.29, 0.717) is 10.2 Å². The molecule has 3 aromatic rings. The molecule has 25 heavy (non-hydrogen) atoms. The van der Waals surface area contributed by atoms with Gasteiger partial charge in [0.05, 0.1) is 5.69 Å². The van der Waals surface area contributed by atoms with Crippen molar-refractivity contribution in [3.63, 3.8) is 0 Å². The number of halogens is 3. The highest BCUT2D eigenvalue weighted by Gasteiger charge is 2.35. The average molecular weight is 348 g/mol. The maximum Gasteiger partial charge on any atom is 0.433 e. The molecule has 2 heterocycles. The molecule has 3 rings (SSSR count). The summed E-state index contributed by atoms with van der Waals surface area (Å²) in [6, 6.07) is 6.48. The summed E-state index contributed by atoms with van der Waals surface area (Å²) in [5.74, 6) is -0.169. The summed E-state index contributed by atoms with van der Waals surface area (Å²) in [7, 11) is 0. The van der Waals surface area contributed by atoms with Crippen LogP contribution in [0.25, 0.3) is 5.65 Å². The Hall–Kier alpha value is -2.97. The third kappa shape index (κ3) is 3.17. The van der Waals surface area contributed by atoms with Gasteiger partial charge in [0.1, 0.15) is 5.69 Å². The van der Waals surface area contributed by atoms with E-state index in [0.717, 1.165) is 17.2 Å². The first-order valence-electron chi connectivity index (χ1n) is 7.39. The van der Waals surface area contributed by atoms with Crippen LogP contribution in [0.4, 0.5) is 30.4 Å². The standard InChI is InChI=1S/C16H15F3N6/c1-8-4-5-11(9(2)6-8)22-23-13-14(20)24-25-12(16(17,18)19)7-10(3)21-15(13)25/h4-7H,1-3H3,(H2,20,24). The lowest BCUT2D eigenvalue weighted by Crippen LogP contribution is -2.13. The van der Waals surface area contributed by atoms with Crippen LogP contribution in [0.5, 0.6) is 0 Å². The first-order valence-corrected chi connectivity index (χ1v) is 7.39. The molecule has 0 aliphatic rings. The zero-order valence-corrected chi connectivity index (χ0v) is 13.8. The fourth-order valence-corrected chi connectivity index (χ4v) is 2.46. The van der Waals surface area contributed by atoms with Gasteiger partial charge in [-0.05, 0) is 38.5 Å². The molecule has 0 atom stereocenters. The fourth-order valence-electron chi connectivity index (χ4n) is 2.46. The molecule has 1 aromatic carbocycles. The normalized spacial score (nSPS) is 12.4. The Labute approximate surface area is 141 Å². The van der Waals surface area contributed by atoms with Gasteiger partial charge in [0.2, 0.25) is 0 Å². The van der Waals surface area contributed by atoms with Crippen LogP contribution in [0.15, 0.2) is 34.5 Å². The minimum atomic E-state index is -4.59. The van der Waals surface area contributed by atoms with Crippen molar-refractivity contribution in [3.05, 3.63) is 46.8 Å². The summed E-state index contributed by atoms with van der Waals surface area (Å²) in [5.41, 5.74) is 7.44. The molecule has 0 spiro atoms. The van der Waals surface area contributed by atoms with Crippen LogP contribution in [0, 0.1) is 20.8 Å². The zero-order valence-electron chi connectivity index (χ0n) is 13.8. The van der Waals surface area contributed by atoms with Gasteiger partial charge in [-0.1, -0.05) is 17.7 Å². The Balaban J connectivity index is 2.15. The number of azo groups is 1. The van der Waals surface area contributed by atoms with E-state index in [9.17, 15) is 13.2 Å². The van der Waals surface area contributed by atoms with E-state index in [1.165, 1.54) is 6.92 Å². The van der Waals surface area contributed by atoms with E-state index in [4.69, 9.17) is 5.73 Å². The number of alkyl halides is 3. The molecule has 0 unspecified atom stereocenters. The number of benzene rings is 1. The Morgan fingerprint density at radius 2 is 1.80 bits per heavy atom. The molecular formula is C16H15F3N6. The second kappa shape index (κ2) is 5.83. The Morgan fingerprint density at radius 3 is 2.44 bits per heavy atom. The predicted molar refractivity (Wildman–Crippen MR) is 87.2 cm³/mol. The van der Waals surface area contributed by atoms with Crippen molar-refractivity contribution >= 4 is 22.8 Å². The number of hydrogen-bond acceptors (Lipinski definition) is 5. The van der Waals surface area contributed by atoms with Crippen LogP contribution in [-0.2, 0) is 6.18 Å². The number of aromatic nitrogens is 3. The summed E-state index contributed by atoms with van der Waals surface area (Å²) in [4.78, 5) is 4.09. The molecule has 2 N–H and O–H groups in total. The lowest BCUT2D eigenvalue weighted by Gasteiger charge is -2.09. The molecule has 0 aliphatic carbocycles. The topological polar surface area (TPSA) is 80.9 Å². The number of fused-ring (bicyclic) bond motifs is 1. The molecule has 9 heteroatoms. The molecule has 6 nitrogen and oxygen atoms in total. The molecule has 0 saturated carbocycles. The van der Waals surface area contributed by atoms with Gasteiger partial charge >= 0.3 is 6.18 Å². The smallest absolute Gasteiger partial charge is 0.380 e. The maximum atomic E-state index is 13.2. The SMILES string of the molecule is Cc1ccc(N=Nc2c(N)nn3c(C(F)(F)F)cc(C)nc23)c(C)c1. The van der Waals surface area contributed by atoms with E-state index in [1.54, 1.807) is 6.07 Å². The quantitative estimate of drug-likeness (QED) is 0.683. The third-order valence-electron chi connectivity index (χ3n) is 3.62.